The molecule has 6 nitrogen and oxygen atoms in total. The molecule has 0 aliphatic heterocycles. The van der Waals surface area contributed by atoms with E-state index >= 15 is 0 Å². The van der Waals surface area contributed by atoms with E-state index in [-0.39, 0.29) is 13.2 Å². The van der Waals surface area contributed by atoms with Crippen LogP contribution in [0.5, 0.6) is 0 Å². The molecule has 1 aliphatic rings. The summed E-state index contributed by atoms with van der Waals surface area (Å²) < 4.78 is 16.0. The smallest absolute Gasteiger partial charge is 0.224 e. The van der Waals surface area contributed by atoms with E-state index in [1.807, 2.05) is 4.57 Å². The lowest BCUT2D eigenvalue weighted by Crippen LogP contribution is -2.11. The minimum absolute atomic E-state index is 0. The summed E-state index contributed by atoms with van der Waals surface area (Å²) in [7, 11) is 0. The van der Waals surface area contributed by atoms with Crippen LogP contribution in [0.2, 0.25) is 0 Å². The maximum absolute atomic E-state index is 14.0. The number of imidazole rings is 1. The molecule has 0 amide bonds. The molecule has 0 unspecified atom stereocenters. The van der Waals surface area contributed by atoms with Gasteiger partial charge >= 0.3 is 0 Å². The van der Waals surface area contributed by atoms with Crippen LogP contribution >= 0.6 is 0 Å². The van der Waals surface area contributed by atoms with Crippen molar-refractivity contribution in [1.82, 2.24) is 19.5 Å². The van der Waals surface area contributed by atoms with Crippen LogP contribution in [0.15, 0.2) is 30.5 Å². The molecular weight excluding hydrogens is 343 g/mol. The van der Waals surface area contributed by atoms with Gasteiger partial charge in [-0.2, -0.15) is 4.98 Å². The van der Waals surface area contributed by atoms with E-state index in [0.717, 1.165) is 24.7 Å². The number of halogens is 1. The molecule has 2 aromatic heterocycles. The fraction of sp³-hybridized carbons (Fsp3) is 0.450. The predicted octanol–water partition coefficient (Wildman–Crippen LogP) is 4.82. The Balaban J connectivity index is 0.00000210. The number of para-hydroxylation sites is 1. The van der Waals surface area contributed by atoms with Gasteiger partial charge in [-0.15, -0.1) is 0 Å². The van der Waals surface area contributed by atoms with Crippen molar-refractivity contribution in [3.63, 3.8) is 0 Å². The Morgan fingerprint density at radius 3 is 2.70 bits per heavy atom. The van der Waals surface area contributed by atoms with Crippen molar-refractivity contribution in [3.05, 3.63) is 36.3 Å². The Bertz CT molecular complexity index is 916. The maximum atomic E-state index is 14.0. The second-order valence-corrected chi connectivity index (χ2v) is 7.27. The molecule has 1 aromatic carbocycles. The number of rotatable bonds is 7. The molecule has 144 valence electrons. The second-order valence-electron chi connectivity index (χ2n) is 7.27. The molecule has 2 N–H and O–H groups in total. The first kappa shape index (κ1) is 19.1. The molecule has 0 spiro atoms. The minimum Gasteiger partial charge on any atom is -0.354 e. The average molecular weight is 370 g/mol. The number of fused-ring (bicyclic) bond motifs is 1. The summed E-state index contributed by atoms with van der Waals surface area (Å²) in [4.78, 5) is 13.6. The van der Waals surface area contributed by atoms with Crippen LogP contribution in [-0.2, 0) is 6.54 Å². The summed E-state index contributed by atoms with van der Waals surface area (Å²) in [5.41, 5.74) is 1.85. The Hall–Kier alpha value is -2.70. The zero-order valence-corrected chi connectivity index (χ0v) is 15.0. The molecule has 2 heterocycles. The van der Waals surface area contributed by atoms with Crippen LogP contribution in [0.25, 0.3) is 11.2 Å². The average Bonchev–Trinajstić information content (AvgIpc) is 3.39. The van der Waals surface area contributed by atoms with Gasteiger partial charge in [-0.25, -0.2) is 14.4 Å². The fourth-order valence-electron chi connectivity index (χ4n) is 2.88. The highest BCUT2D eigenvalue weighted by Gasteiger charge is 2.21. The Morgan fingerprint density at radius 1 is 1.22 bits per heavy atom. The molecule has 27 heavy (non-hydrogen) atoms. The van der Waals surface area contributed by atoms with Crippen molar-refractivity contribution in [2.45, 2.75) is 40.7 Å². The monoisotopic (exact) mass is 370 g/mol. The number of aromatic nitrogens is 4. The van der Waals surface area contributed by atoms with Gasteiger partial charge in [-0.1, -0.05) is 33.4 Å². The molecule has 0 atom stereocenters. The summed E-state index contributed by atoms with van der Waals surface area (Å²) in [5, 5.41) is 6.41. The molecule has 3 aromatic rings. The van der Waals surface area contributed by atoms with Gasteiger partial charge in [0.05, 0.1) is 11.9 Å². The van der Waals surface area contributed by atoms with Crippen LogP contribution in [0, 0.1) is 17.7 Å². The Labute approximate surface area is 159 Å². The summed E-state index contributed by atoms with van der Waals surface area (Å²) in [5.74, 6) is 2.02. The first-order valence-corrected chi connectivity index (χ1v) is 9.09. The van der Waals surface area contributed by atoms with Crippen LogP contribution in [0.1, 0.15) is 34.1 Å². The lowest BCUT2D eigenvalue weighted by atomic mass is 10.2. The van der Waals surface area contributed by atoms with Crippen LogP contribution in [0.3, 0.4) is 0 Å². The third-order valence-corrected chi connectivity index (χ3v) is 4.40. The number of hydrogen-bond acceptors (Lipinski definition) is 5. The van der Waals surface area contributed by atoms with Crippen molar-refractivity contribution in [1.29, 1.82) is 0 Å². The molecule has 1 aliphatic carbocycles. The highest BCUT2D eigenvalue weighted by molar-refractivity contribution is 5.76. The van der Waals surface area contributed by atoms with E-state index in [1.165, 1.54) is 18.9 Å². The zero-order valence-electron chi connectivity index (χ0n) is 15.0. The fourth-order valence-corrected chi connectivity index (χ4v) is 2.88. The number of anilines is 3. The quantitative estimate of drug-likeness (QED) is 0.624. The highest BCUT2D eigenvalue weighted by atomic mass is 19.1. The largest absolute Gasteiger partial charge is 0.354 e. The zero-order chi connectivity index (χ0) is 18.1. The van der Waals surface area contributed by atoms with Crippen LogP contribution in [0.4, 0.5) is 22.0 Å². The van der Waals surface area contributed by atoms with Crippen molar-refractivity contribution in [3.8, 4) is 0 Å². The Morgan fingerprint density at radius 2 is 2.00 bits per heavy atom. The molecule has 1 fully saturated rings. The highest BCUT2D eigenvalue weighted by Crippen LogP contribution is 2.29. The third kappa shape index (κ3) is 4.35. The van der Waals surface area contributed by atoms with Gasteiger partial charge in [0.1, 0.15) is 11.3 Å². The predicted molar refractivity (Wildman–Crippen MR) is 108 cm³/mol. The molecule has 7 heteroatoms. The normalized spacial score (nSPS) is 13.6. The summed E-state index contributed by atoms with van der Waals surface area (Å²) in [6, 6.07) is 6.58. The van der Waals surface area contributed by atoms with Crippen LogP contribution in [-0.4, -0.2) is 26.1 Å². The van der Waals surface area contributed by atoms with Crippen molar-refractivity contribution >= 4 is 28.7 Å². The summed E-state index contributed by atoms with van der Waals surface area (Å²) in [6.45, 7) is 5.90. The Kier molecular flexibility index (Phi) is 5.58. The minimum atomic E-state index is -0.312. The topological polar surface area (TPSA) is 67.7 Å². The standard InChI is InChI=1S/C19H23FN6.CH4/c1-12(2)11-26-17-16(10-22-18(25-17)21-9-13-7-8-13)24-19(26)23-15-6-4-3-5-14(15)20;/h3-6,10,12-13H,7-9,11H2,1-2H3,(H,23,24)(H,21,22,25);1H4. The first-order valence-electron chi connectivity index (χ1n) is 9.09. The van der Waals surface area contributed by atoms with Crippen molar-refractivity contribution in [2.24, 2.45) is 11.8 Å². The van der Waals surface area contributed by atoms with Gasteiger partial charge < -0.3 is 10.6 Å². The molecular formula is C20H27FN6. The van der Waals surface area contributed by atoms with E-state index in [2.05, 4.69) is 39.4 Å². The van der Waals surface area contributed by atoms with Gasteiger partial charge in [0.25, 0.3) is 0 Å². The van der Waals surface area contributed by atoms with E-state index in [1.54, 1.807) is 24.4 Å². The number of benzene rings is 1. The second kappa shape index (κ2) is 7.90. The maximum Gasteiger partial charge on any atom is 0.224 e. The summed E-state index contributed by atoms with van der Waals surface area (Å²) >= 11 is 0. The number of nitrogens with one attached hydrogen (secondary N) is 2. The van der Waals surface area contributed by atoms with Gasteiger partial charge in [0.2, 0.25) is 11.9 Å². The van der Waals surface area contributed by atoms with E-state index < -0.39 is 0 Å². The first-order chi connectivity index (χ1) is 12.6. The van der Waals surface area contributed by atoms with E-state index in [0.29, 0.717) is 29.0 Å². The van der Waals surface area contributed by atoms with Crippen LogP contribution < -0.4 is 10.6 Å². The molecule has 0 bridgehead atoms. The van der Waals surface area contributed by atoms with Gasteiger partial charge in [0, 0.05) is 13.1 Å². The molecule has 4 rings (SSSR count). The molecule has 0 saturated heterocycles. The number of hydrogen-bond donors (Lipinski definition) is 2. The SMILES string of the molecule is C.CC(C)Cn1c(Nc2ccccc2F)nc2cnc(NCC3CC3)nc21. The van der Waals surface area contributed by atoms with Gasteiger partial charge in [-0.3, -0.25) is 4.57 Å². The van der Waals surface area contributed by atoms with E-state index in [9.17, 15) is 4.39 Å². The van der Waals surface area contributed by atoms with Crippen molar-refractivity contribution < 1.29 is 4.39 Å². The van der Waals surface area contributed by atoms with Crippen molar-refractivity contribution in [2.75, 3.05) is 17.2 Å². The lowest BCUT2D eigenvalue weighted by Gasteiger charge is -2.13. The summed E-state index contributed by atoms with van der Waals surface area (Å²) in [6.07, 6.45) is 4.27. The lowest BCUT2D eigenvalue weighted by molar-refractivity contribution is 0.534. The number of nitrogens with zero attached hydrogens (tertiary/aromatic N) is 4. The third-order valence-electron chi connectivity index (χ3n) is 4.40. The molecule has 1 saturated carbocycles. The molecule has 0 radical (unpaired) electrons. The van der Waals surface area contributed by atoms with Gasteiger partial charge in [0.15, 0.2) is 5.65 Å². The van der Waals surface area contributed by atoms with E-state index in [4.69, 9.17) is 0 Å². The van der Waals surface area contributed by atoms with Gasteiger partial charge in [-0.05, 0) is 36.8 Å².